The first kappa shape index (κ1) is 57.8. The summed E-state index contributed by atoms with van der Waals surface area (Å²) in [6.07, 6.45) is 1.49. The predicted octanol–water partition coefficient (Wildman–Crippen LogP) is -0.635. The molecule has 4 N–H and O–H groups in total. The van der Waals surface area contributed by atoms with Crippen molar-refractivity contribution in [3.63, 3.8) is 0 Å². The van der Waals surface area contributed by atoms with Crippen LogP contribution in [0.15, 0.2) is 0 Å². The van der Waals surface area contributed by atoms with E-state index in [1.165, 1.54) is 75.6 Å². The van der Waals surface area contributed by atoms with Gasteiger partial charge in [0.1, 0.15) is 47.5 Å². The summed E-state index contributed by atoms with van der Waals surface area (Å²) in [4.78, 5) is 146. The fraction of sp³-hybridized carbons (Fsp3) is 0.750. The van der Waals surface area contributed by atoms with Gasteiger partial charge in [-0.05, 0) is 54.1 Å². The third kappa shape index (κ3) is 17.4. The summed E-state index contributed by atoms with van der Waals surface area (Å²) in [5.41, 5.74) is -1.92. The number of carbonyl (C=O) groups is 10. The Bertz CT molecular complexity index is 1680. The van der Waals surface area contributed by atoms with Crippen LogP contribution in [0, 0.1) is 0 Å². The lowest BCUT2D eigenvalue weighted by molar-refractivity contribution is -0.149. The normalized spacial score (nSPS) is 25.0. The second kappa shape index (κ2) is 25.7. The molecule has 0 aromatic rings. The van der Waals surface area contributed by atoms with Crippen molar-refractivity contribution in [2.45, 2.75) is 89.0 Å². The second-order valence-corrected chi connectivity index (χ2v) is 22.1. The molecule has 2 saturated heterocycles. The summed E-state index contributed by atoms with van der Waals surface area (Å²) in [5.74, 6) is -5.72. The predicted molar refractivity (Wildman–Crippen MR) is 256 cm³/mol. The van der Waals surface area contributed by atoms with E-state index < -0.39 is 133 Å². The fourth-order valence-corrected chi connectivity index (χ4v) is 10.3. The number of rotatable bonds is 6. The molecular weight excluding hydrogens is 941 g/mol. The minimum atomic E-state index is -1.46. The Morgan fingerprint density at radius 3 is 1.18 bits per heavy atom. The van der Waals surface area contributed by atoms with Gasteiger partial charge >= 0.3 is 12.2 Å². The molecule has 0 aliphatic carbocycles. The third-order valence-corrected chi connectivity index (χ3v) is 13.9. The average Bonchev–Trinajstić information content (AvgIpc) is 3.22. The Hall–Kier alpha value is -4.30. The zero-order valence-electron chi connectivity index (χ0n) is 40.3. The Morgan fingerprint density at radius 2 is 0.894 bits per heavy atom. The minimum Gasteiger partial charge on any atom is -0.444 e. The Balaban J connectivity index is 2.84. The fourth-order valence-electron chi connectivity index (χ4n) is 6.41. The molecule has 2 bridgehead atoms. The molecule has 2 aliphatic heterocycles. The lowest BCUT2D eigenvalue weighted by atomic mass is 10.1. The SMILES string of the molecule is CSC[C@H]1C(=O)N(C)C[C@@H](NC(=O)OC(C)(C)C)C(=O)NCC(=O)N(C)C2CSSCC(C(=O)N1C)N(C)C(=O)CNC(=O)[C@H](NC(=O)OC(C)(C)C)CN(C)C(=O)[C@H](CSC)N(C)C2=O. The van der Waals surface area contributed by atoms with Crippen molar-refractivity contribution in [3.05, 3.63) is 0 Å². The van der Waals surface area contributed by atoms with Gasteiger partial charge in [0.25, 0.3) is 0 Å². The molecule has 26 heteroatoms. The van der Waals surface area contributed by atoms with Gasteiger partial charge in [0.2, 0.25) is 47.3 Å². The Kier molecular flexibility index (Phi) is 22.5. The molecule has 374 valence electrons. The van der Waals surface area contributed by atoms with Crippen molar-refractivity contribution in [1.29, 1.82) is 0 Å². The number of thioether (sulfide) groups is 2. The first-order valence-corrected chi connectivity index (χ1v) is 26.1. The number of nitrogens with zero attached hydrogens (tertiary/aromatic N) is 6. The Morgan fingerprint density at radius 1 is 0.576 bits per heavy atom. The molecule has 66 heavy (non-hydrogen) atoms. The maximum absolute atomic E-state index is 14.6. The zero-order valence-corrected chi connectivity index (χ0v) is 43.6. The van der Waals surface area contributed by atoms with Crippen LogP contribution in [0.4, 0.5) is 9.59 Å². The number of fused-ring (bicyclic) bond motifs is 5. The molecule has 2 aliphatic rings. The highest BCUT2D eigenvalue weighted by molar-refractivity contribution is 8.76. The minimum absolute atomic E-state index is 0.0861. The molecular formula is C40H68N10O12S4. The van der Waals surface area contributed by atoms with Gasteiger partial charge in [-0.1, -0.05) is 21.6 Å². The maximum Gasteiger partial charge on any atom is 0.408 e. The van der Waals surface area contributed by atoms with Crippen LogP contribution in [-0.2, 0) is 47.8 Å². The van der Waals surface area contributed by atoms with Gasteiger partial charge in [0, 0.05) is 78.4 Å². The van der Waals surface area contributed by atoms with E-state index >= 15 is 0 Å². The number of amides is 10. The molecule has 22 nitrogen and oxygen atoms in total. The highest BCUT2D eigenvalue weighted by Crippen LogP contribution is 2.28. The molecule has 0 saturated carbocycles. The van der Waals surface area contributed by atoms with E-state index in [0.29, 0.717) is 0 Å². The van der Waals surface area contributed by atoms with Crippen LogP contribution in [0.25, 0.3) is 0 Å². The average molecular weight is 1010 g/mol. The summed E-state index contributed by atoms with van der Waals surface area (Å²) >= 11 is 2.52. The summed E-state index contributed by atoms with van der Waals surface area (Å²) < 4.78 is 10.8. The van der Waals surface area contributed by atoms with Gasteiger partial charge in [-0.15, -0.1) is 0 Å². The highest BCUT2D eigenvalue weighted by atomic mass is 33.1. The monoisotopic (exact) mass is 1010 g/mol. The molecule has 0 radical (unpaired) electrons. The number of ether oxygens (including phenoxy) is 2. The molecule has 2 fully saturated rings. The smallest absolute Gasteiger partial charge is 0.408 e. The van der Waals surface area contributed by atoms with Crippen LogP contribution in [0.3, 0.4) is 0 Å². The first-order valence-electron chi connectivity index (χ1n) is 20.9. The number of carbonyl (C=O) groups excluding carboxylic acids is 10. The summed E-state index contributed by atoms with van der Waals surface area (Å²) in [6, 6.07) is -7.72. The summed E-state index contributed by atoms with van der Waals surface area (Å²) in [7, 11) is 10.5. The largest absolute Gasteiger partial charge is 0.444 e. The lowest BCUT2D eigenvalue weighted by Crippen LogP contribution is -2.61. The van der Waals surface area contributed by atoms with Crippen LogP contribution in [0.5, 0.6) is 0 Å². The molecule has 2 rings (SSSR count). The van der Waals surface area contributed by atoms with Gasteiger partial charge in [-0.3, -0.25) is 38.4 Å². The van der Waals surface area contributed by atoms with Crippen molar-refractivity contribution in [2.75, 3.05) is 104 Å². The zero-order chi connectivity index (χ0) is 50.4. The van der Waals surface area contributed by atoms with Crippen molar-refractivity contribution in [1.82, 2.24) is 50.7 Å². The molecule has 0 aromatic carbocycles. The van der Waals surface area contributed by atoms with Gasteiger partial charge in [0.15, 0.2) is 0 Å². The number of hydrogen-bond donors (Lipinski definition) is 4. The molecule has 0 spiro atoms. The summed E-state index contributed by atoms with van der Waals surface area (Å²) in [6.45, 7) is 7.58. The topological polar surface area (TPSA) is 257 Å². The third-order valence-electron chi connectivity index (χ3n) is 10.2. The van der Waals surface area contributed by atoms with Gasteiger partial charge < -0.3 is 60.1 Å². The van der Waals surface area contributed by atoms with Crippen molar-refractivity contribution in [2.24, 2.45) is 0 Å². The van der Waals surface area contributed by atoms with Crippen molar-refractivity contribution in [3.8, 4) is 0 Å². The van der Waals surface area contributed by atoms with E-state index in [1.807, 2.05) is 0 Å². The summed E-state index contributed by atoms with van der Waals surface area (Å²) in [5, 5.41) is 9.96. The van der Waals surface area contributed by atoms with Crippen LogP contribution in [0.1, 0.15) is 41.5 Å². The van der Waals surface area contributed by atoms with Gasteiger partial charge in [-0.2, -0.15) is 23.5 Å². The number of nitrogens with one attached hydrogen (secondary N) is 4. The molecule has 2 heterocycles. The lowest BCUT2D eigenvalue weighted by Gasteiger charge is -2.37. The maximum atomic E-state index is 14.6. The number of likely N-dealkylation sites (N-methyl/N-ethyl adjacent to an activating group) is 6. The van der Waals surface area contributed by atoms with Crippen molar-refractivity contribution < 1.29 is 57.4 Å². The molecule has 0 aromatic heterocycles. The second-order valence-electron chi connectivity index (χ2n) is 17.7. The van der Waals surface area contributed by atoms with Crippen molar-refractivity contribution >= 4 is 105 Å². The van der Waals surface area contributed by atoms with Gasteiger partial charge in [0.05, 0.1) is 13.1 Å². The molecule has 2 unspecified atom stereocenters. The first-order chi connectivity index (χ1) is 30.5. The van der Waals surface area contributed by atoms with Crippen LogP contribution >= 0.6 is 45.1 Å². The van der Waals surface area contributed by atoms with Crippen LogP contribution < -0.4 is 21.3 Å². The molecule has 10 amide bonds. The quantitative estimate of drug-likeness (QED) is 0.242. The van der Waals surface area contributed by atoms with E-state index in [0.717, 1.165) is 41.2 Å². The number of alkyl carbamates (subject to hydrolysis) is 2. The highest BCUT2D eigenvalue weighted by Gasteiger charge is 2.40. The Labute approximate surface area is 403 Å². The van der Waals surface area contributed by atoms with E-state index in [9.17, 15) is 47.9 Å². The van der Waals surface area contributed by atoms with E-state index in [-0.39, 0.29) is 23.0 Å². The molecule has 6 atom stereocenters. The van der Waals surface area contributed by atoms with E-state index in [1.54, 1.807) is 54.1 Å². The standard InChI is InChI=1S/C40H68N10O12S4/c1-39(2,3)61-37(59)43-23-17-45(7)33(55)25(19-63-13)49(11)35(57)28-22-66-65-21-27(47(9)29(51)15-41-31(23)53)36(58)50(12)26(20-64-14)34(56)46(8)18-24(44-38(60)62-40(4,5)6)32(54)42-16-30(52)48(28)10/h23-28H,15-22H2,1-14H3,(H,41,53)(H,42,54)(H,43,59)(H,44,60)/t23-,24-,25+,26+,27?,28?/m1/s1. The van der Waals surface area contributed by atoms with Crippen LogP contribution in [-0.4, -0.2) is 240 Å². The number of hydrogen-bond acceptors (Lipinski definition) is 16. The van der Waals surface area contributed by atoms with Gasteiger partial charge in [-0.25, -0.2) is 9.59 Å². The van der Waals surface area contributed by atoms with E-state index in [4.69, 9.17) is 9.47 Å². The van der Waals surface area contributed by atoms with Crippen LogP contribution in [0.2, 0.25) is 0 Å². The van der Waals surface area contributed by atoms with E-state index in [2.05, 4.69) is 21.3 Å².